The molecular weight excluding hydrogens is 238 g/mol. The summed E-state index contributed by atoms with van der Waals surface area (Å²) >= 11 is 0. The van der Waals surface area contributed by atoms with Crippen molar-refractivity contribution in [1.29, 1.82) is 0 Å². The first-order valence-corrected chi connectivity index (χ1v) is 7.42. The minimum Gasteiger partial charge on any atom is -0.490 e. The molecule has 0 amide bonds. The van der Waals surface area contributed by atoms with E-state index >= 15 is 0 Å². The molecule has 1 aromatic rings. The van der Waals surface area contributed by atoms with Crippen LogP contribution in [0.15, 0.2) is 12.1 Å². The summed E-state index contributed by atoms with van der Waals surface area (Å²) in [5.41, 5.74) is 2.79. The molecule has 1 saturated heterocycles. The van der Waals surface area contributed by atoms with Gasteiger partial charge in [-0.2, -0.15) is 0 Å². The fourth-order valence-electron chi connectivity index (χ4n) is 2.99. The van der Waals surface area contributed by atoms with Crippen molar-refractivity contribution in [3.05, 3.63) is 23.3 Å². The van der Waals surface area contributed by atoms with E-state index in [0.717, 1.165) is 37.7 Å². The molecule has 0 aliphatic carbocycles. The van der Waals surface area contributed by atoms with E-state index in [-0.39, 0.29) is 0 Å². The third kappa shape index (κ3) is 2.57. The predicted octanol–water partition coefficient (Wildman–Crippen LogP) is 3.40. The molecule has 0 saturated carbocycles. The largest absolute Gasteiger partial charge is 0.490 e. The van der Waals surface area contributed by atoms with Crippen LogP contribution >= 0.6 is 0 Å². The van der Waals surface area contributed by atoms with Gasteiger partial charge in [-0.05, 0) is 48.6 Å². The first-order valence-electron chi connectivity index (χ1n) is 7.42. The highest BCUT2D eigenvalue weighted by atomic mass is 16.5. The molecule has 3 rings (SSSR count). The van der Waals surface area contributed by atoms with E-state index in [0.29, 0.717) is 12.0 Å². The Hall–Kier alpha value is -1.22. The maximum atomic E-state index is 5.83. The van der Waals surface area contributed by atoms with Crippen molar-refractivity contribution in [3.8, 4) is 11.5 Å². The lowest BCUT2D eigenvalue weighted by Crippen LogP contribution is -2.15. The first kappa shape index (κ1) is 12.8. The summed E-state index contributed by atoms with van der Waals surface area (Å²) in [6.07, 6.45) is 3.44. The molecule has 0 radical (unpaired) electrons. The Balaban J connectivity index is 2.02. The van der Waals surface area contributed by atoms with Crippen LogP contribution in [0.5, 0.6) is 11.5 Å². The van der Waals surface area contributed by atoms with Crippen LogP contribution in [-0.4, -0.2) is 19.8 Å². The highest BCUT2D eigenvalue weighted by Crippen LogP contribution is 2.39. The summed E-state index contributed by atoms with van der Waals surface area (Å²) < 4.78 is 11.6. The predicted molar refractivity (Wildman–Crippen MR) is 76.1 cm³/mol. The second kappa shape index (κ2) is 5.41. The van der Waals surface area contributed by atoms with Gasteiger partial charge in [0.2, 0.25) is 0 Å². The minimum absolute atomic E-state index is 0.481. The van der Waals surface area contributed by atoms with Crippen molar-refractivity contribution in [3.63, 3.8) is 0 Å². The molecule has 3 nitrogen and oxygen atoms in total. The summed E-state index contributed by atoms with van der Waals surface area (Å²) in [7, 11) is 0. The van der Waals surface area contributed by atoms with Gasteiger partial charge in [0.05, 0.1) is 13.2 Å². The molecule has 0 aromatic heterocycles. The maximum Gasteiger partial charge on any atom is 0.161 e. The van der Waals surface area contributed by atoms with Crippen LogP contribution in [0, 0.1) is 0 Å². The van der Waals surface area contributed by atoms with Crippen LogP contribution in [0.2, 0.25) is 0 Å². The fraction of sp³-hybridized carbons (Fsp3) is 0.625. The van der Waals surface area contributed by atoms with Gasteiger partial charge in [0.1, 0.15) is 0 Å². The third-order valence-corrected chi connectivity index (χ3v) is 4.01. The monoisotopic (exact) mass is 261 g/mol. The van der Waals surface area contributed by atoms with Gasteiger partial charge in [0, 0.05) is 12.5 Å². The topological polar surface area (TPSA) is 30.5 Å². The first-order chi connectivity index (χ1) is 9.25. The molecule has 1 N–H and O–H groups in total. The Morgan fingerprint density at radius 2 is 1.84 bits per heavy atom. The number of rotatable bonds is 2. The van der Waals surface area contributed by atoms with Crippen LogP contribution in [0.25, 0.3) is 0 Å². The summed E-state index contributed by atoms with van der Waals surface area (Å²) in [5, 5.41) is 3.59. The average Bonchev–Trinajstić information content (AvgIpc) is 2.83. The lowest BCUT2D eigenvalue weighted by Gasteiger charge is -2.21. The van der Waals surface area contributed by atoms with Crippen molar-refractivity contribution >= 4 is 0 Å². The zero-order valence-electron chi connectivity index (χ0n) is 11.9. The number of hydrogen-bond acceptors (Lipinski definition) is 3. The smallest absolute Gasteiger partial charge is 0.161 e. The van der Waals surface area contributed by atoms with E-state index in [1.54, 1.807) is 0 Å². The van der Waals surface area contributed by atoms with Gasteiger partial charge in [0.15, 0.2) is 11.5 Å². The number of nitrogens with one attached hydrogen (secondary N) is 1. The van der Waals surface area contributed by atoms with E-state index in [9.17, 15) is 0 Å². The Kier molecular flexibility index (Phi) is 3.65. The van der Waals surface area contributed by atoms with Gasteiger partial charge in [-0.3, -0.25) is 0 Å². The van der Waals surface area contributed by atoms with Crippen LogP contribution in [-0.2, 0) is 0 Å². The van der Waals surface area contributed by atoms with Crippen molar-refractivity contribution in [2.75, 3.05) is 19.8 Å². The Bertz CT molecular complexity index is 450. The lowest BCUT2D eigenvalue weighted by atomic mass is 9.91. The molecule has 0 spiro atoms. The minimum atomic E-state index is 0.481. The molecule has 1 unspecified atom stereocenters. The van der Waals surface area contributed by atoms with E-state index in [4.69, 9.17) is 9.47 Å². The molecule has 1 aromatic carbocycles. The van der Waals surface area contributed by atoms with Gasteiger partial charge < -0.3 is 14.8 Å². The molecule has 3 heteroatoms. The summed E-state index contributed by atoms with van der Waals surface area (Å²) in [6, 6.07) is 4.88. The number of ether oxygens (including phenoxy) is 2. The van der Waals surface area contributed by atoms with E-state index in [1.165, 1.54) is 24.0 Å². The molecule has 2 heterocycles. The van der Waals surface area contributed by atoms with Crippen LogP contribution < -0.4 is 14.8 Å². The van der Waals surface area contributed by atoms with Crippen molar-refractivity contribution < 1.29 is 9.47 Å². The molecule has 19 heavy (non-hydrogen) atoms. The van der Waals surface area contributed by atoms with E-state index in [2.05, 4.69) is 31.3 Å². The van der Waals surface area contributed by atoms with Crippen molar-refractivity contribution in [2.24, 2.45) is 0 Å². The summed E-state index contributed by atoms with van der Waals surface area (Å²) in [4.78, 5) is 0. The second-order valence-electron chi connectivity index (χ2n) is 5.78. The van der Waals surface area contributed by atoms with Gasteiger partial charge >= 0.3 is 0 Å². The summed E-state index contributed by atoms with van der Waals surface area (Å²) in [5.74, 6) is 2.35. The fourth-order valence-corrected chi connectivity index (χ4v) is 2.99. The Morgan fingerprint density at radius 3 is 2.47 bits per heavy atom. The average molecular weight is 261 g/mol. The van der Waals surface area contributed by atoms with Crippen LogP contribution in [0.4, 0.5) is 0 Å². The van der Waals surface area contributed by atoms with E-state index in [1.807, 2.05) is 0 Å². The van der Waals surface area contributed by atoms with Crippen molar-refractivity contribution in [2.45, 2.75) is 45.1 Å². The van der Waals surface area contributed by atoms with Gasteiger partial charge in [-0.1, -0.05) is 13.8 Å². The number of hydrogen-bond donors (Lipinski definition) is 1. The zero-order chi connectivity index (χ0) is 13.2. The van der Waals surface area contributed by atoms with Crippen LogP contribution in [0.3, 0.4) is 0 Å². The third-order valence-electron chi connectivity index (χ3n) is 4.01. The zero-order valence-corrected chi connectivity index (χ0v) is 11.9. The number of benzene rings is 1. The highest BCUT2D eigenvalue weighted by Gasteiger charge is 2.23. The Morgan fingerprint density at radius 1 is 1.11 bits per heavy atom. The quantitative estimate of drug-likeness (QED) is 0.885. The second-order valence-corrected chi connectivity index (χ2v) is 5.78. The van der Waals surface area contributed by atoms with Gasteiger partial charge in [0.25, 0.3) is 0 Å². The summed E-state index contributed by atoms with van der Waals surface area (Å²) in [6.45, 7) is 7.13. The molecule has 2 aliphatic heterocycles. The van der Waals surface area contributed by atoms with Crippen molar-refractivity contribution in [1.82, 2.24) is 5.32 Å². The molecule has 0 bridgehead atoms. The van der Waals surface area contributed by atoms with E-state index < -0.39 is 0 Å². The highest BCUT2D eigenvalue weighted by molar-refractivity contribution is 5.50. The molecule has 1 atom stereocenters. The molecule has 104 valence electrons. The number of fused-ring (bicyclic) bond motifs is 1. The molecule has 1 fully saturated rings. The Labute approximate surface area is 115 Å². The van der Waals surface area contributed by atoms with Gasteiger partial charge in [-0.25, -0.2) is 0 Å². The lowest BCUT2D eigenvalue weighted by molar-refractivity contribution is 0.297. The molecular formula is C16H23NO2. The van der Waals surface area contributed by atoms with Gasteiger partial charge in [-0.15, -0.1) is 0 Å². The van der Waals surface area contributed by atoms with Crippen LogP contribution in [0.1, 0.15) is 56.2 Å². The molecule has 2 aliphatic rings. The normalized spacial score (nSPS) is 22.6. The maximum absolute atomic E-state index is 5.83. The SMILES string of the molecule is CC(C)c1cc2c(cc1C1CCCN1)OCCCO2. The standard InChI is InChI=1S/C16H23NO2/c1-11(2)12-9-15-16(19-8-4-7-18-15)10-13(12)14-5-3-6-17-14/h9-11,14,17H,3-8H2,1-2H3.